The van der Waals surface area contributed by atoms with Crippen molar-refractivity contribution in [3.8, 4) is 5.75 Å². The first-order chi connectivity index (χ1) is 13.3. The van der Waals surface area contributed by atoms with E-state index in [2.05, 4.69) is 6.92 Å². The van der Waals surface area contributed by atoms with Gasteiger partial charge in [-0.1, -0.05) is 30.7 Å². The molecule has 0 radical (unpaired) electrons. The second-order valence-corrected chi connectivity index (χ2v) is 7.82. The number of aliphatic hydroxyl groups is 3. The van der Waals surface area contributed by atoms with Crippen molar-refractivity contribution in [1.29, 1.82) is 0 Å². The van der Waals surface area contributed by atoms with Crippen LogP contribution >= 0.6 is 0 Å². The van der Waals surface area contributed by atoms with Crippen LogP contribution in [0.25, 0.3) is 0 Å². The molecule has 3 rings (SSSR count). The number of benzene rings is 1. The van der Waals surface area contributed by atoms with E-state index < -0.39 is 30.0 Å². The summed E-state index contributed by atoms with van der Waals surface area (Å²) in [5.74, 6) is -1.68. The second-order valence-electron chi connectivity index (χ2n) is 7.82. The van der Waals surface area contributed by atoms with Crippen molar-refractivity contribution < 1.29 is 29.9 Å². The topological polar surface area (TPSA) is 99.4 Å². The van der Waals surface area contributed by atoms with Gasteiger partial charge < -0.3 is 29.9 Å². The van der Waals surface area contributed by atoms with Gasteiger partial charge in [0.25, 0.3) is 0 Å². The summed E-state index contributed by atoms with van der Waals surface area (Å²) in [6, 6.07) is 7.10. The van der Waals surface area contributed by atoms with E-state index in [9.17, 15) is 20.4 Å². The first-order valence-electron chi connectivity index (χ1n) is 9.70. The maximum Gasteiger partial charge on any atom is 0.218 e. The second kappa shape index (κ2) is 8.35. The summed E-state index contributed by atoms with van der Waals surface area (Å²) in [4.78, 5) is 0. The molecule has 28 heavy (non-hydrogen) atoms. The van der Waals surface area contributed by atoms with E-state index in [4.69, 9.17) is 9.47 Å². The van der Waals surface area contributed by atoms with Crippen molar-refractivity contribution in [2.24, 2.45) is 5.92 Å². The molecule has 6 heteroatoms. The van der Waals surface area contributed by atoms with Crippen LogP contribution in [0.3, 0.4) is 0 Å². The van der Waals surface area contributed by atoms with Gasteiger partial charge >= 0.3 is 0 Å². The van der Waals surface area contributed by atoms with Crippen molar-refractivity contribution in [2.45, 2.75) is 57.2 Å². The molecule has 0 bridgehead atoms. The molecule has 0 saturated carbocycles. The van der Waals surface area contributed by atoms with Crippen molar-refractivity contribution in [1.82, 2.24) is 0 Å². The zero-order valence-electron chi connectivity index (χ0n) is 16.6. The Kier molecular flexibility index (Phi) is 6.27. The molecule has 1 fully saturated rings. The molecule has 1 unspecified atom stereocenters. The Morgan fingerprint density at radius 2 is 1.86 bits per heavy atom. The number of aromatic hydroxyl groups is 1. The van der Waals surface area contributed by atoms with Crippen molar-refractivity contribution in [2.75, 3.05) is 13.7 Å². The summed E-state index contributed by atoms with van der Waals surface area (Å²) in [5.41, 5.74) is 4.23. The van der Waals surface area contributed by atoms with Gasteiger partial charge in [-0.25, -0.2) is 0 Å². The van der Waals surface area contributed by atoms with E-state index in [0.29, 0.717) is 12.8 Å². The average molecular weight is 390 g/mol. The molecule has 5 atom stereocenters. The lowest BCUT2D eigenvalue weighted by atomic mass is 9.78. The van der Waals surface area contributed by atoms with Crippen molar-refractivity contribution in [3.05, 3.63) is 52.6 Å². The zero-order chi connectivity index (χ0) is 20.5. The summed E-state index contributed by atoms with van der Waals surface area (Å²) in [6.07, 6.45) is 1.31. The number of phenols is 1. The van der Waals surface area contributed by atoms with Crippen LogP contribution in [-0.2, 0) is 15.9 Å². The summed E-state index contributed by atoms with van der Waals surface area (Å²) in [7, 11) is 1.48. The number of ether oxygens (including phenoxy) is 2. The molecule has 1 aromatic carbocycles. The SMILES string of the molecule is CO[C@@]1(C2=CC(Cc3ccc(O)cc3)=C(C)CC2)OC(CO)[C@@H](O)[C@H](C)[C@H]1O. The number of hydrogen-bond donors (Lipinski definition) is 4. The molecule has 1 saturated heterocycles. The minimum Gasteiger partial charge on any atom is -0.508 e. The lowest BCUT2D eigenvalue weighted by molar-refractivity contribution is -0.330. The Hall–Kier alpha value is -1.70. The summed E-state index contributed by atoms with van der Waals surface area (Å²) in [5, 5.41) is 40.3. The maximum atomic E-state index is 10.9. The number of aliphatic hydroxyl groups excluding tert-OH is 3. The van der Waals surface area contributed by atoms with Crippen LogP contribution < -0.4 is 0 Å². The highest BCUT2D eigenvalue weighted by molar-refractivity contribution is 5.41. The molecule has 1 aromatic rings. The third kappa shape index (κ3) is 3.75. The molecule has 0 aromatic heterocycles. The lowest BCUT2D eigenvalue weighted by Gasteiger charge is -2.50. The number of phenolic OH excluding ortho intramolecular Hbond substituents is 1. The minimum atomic E-state index is -1.40. The van der Waals surface area contributed by atoms with Crippen LogP contribution in [0.1, 0.15) is 32.3 Å². The molecule has 1 heterocycles. The highest BCUT2D eigenvalue weighted by atomic mass is 16.7. The Morgan fingerprint density at radius 1 is 1.18 bits per heavy atom. The van der Waals surface area contributed by atoms with Crippen LogP contribution in [0.2, 0.25) is 0 Å². The van der Waals surface area contributed by atoms with Gasteiger partial charge in [0.1, 0.15) is 18.0 Å². The number of allylic oxidation sites excluding steroid dienone is 3. The smallest absolute Gasteiger partial charge is 0.218 e. The molecule has 2 aliphatic rings. The zero-order valence-corrected chi connectivity index (χ0v) is 16.6. The fourth-order valence-electron chi connectivity index (χ4n) is 4.15. The summed E-state index contributed by atoms with van der Waals surface area (Å²) in [6.45, 7) is 3.46. The van der Waals surface area contributed by atoms with Crippen LogP contribution in [0, 0.1) is 5.92 Å². The Labute approximate surface area is 165 Å². The van der Waals surface area contributed by atoms with E-state index in [0.717, 1.165) is 23.1 Å². The highest BCUT2D eigenvalue weighted by Crippen LogP contribution is 2.43. The first-order valence-corrected chi connectivity index (χ1v) is 9.70. The molecule has 1 aliphatic carbocycles. The van der Waals surface area contributed by atoms with E-state index in [-0.39, 0.29) is 12.4 Å². The van der Waals surface area contributed by atoms with Gasteiger partial charge in [-0.15, -0.1) is 0 Å². The van der Waals surface area contributed by atoms with Gasteiger partial charge in [0.2, 0.25) is 5.79 Å². The van der Waals surface area contributed by atoms with Gasteiger partial charge in [-0.05, 0) is 55.0 Å². The molecule has 0 spiro atoms. The van der Waals surface area contributed by atoms with E-state index in [1.165, 1.54) is 12.7 Å². The Bertz CT molecular complexity index is 751. The molecule has 1 aliphatic heterocycles. The fourth-order valence-corrected chi connectivity index (χ4v) is 4.15. The maximum absolute atomic E-state index is 10.9. The molecule has 4 N–H and O–H groups in total. The molecule has 6 nitrogen and oxygen atoms in total. The first kappa shape index (κ1) is 21.0. The molecule has 0 amide bonds. The predicted octanol–water partition coefficient (Wildman–Crippen LogP) is 2.06. The van der Waals surface area contributed by atoms with Crippen molar-refractivity contribution in [3.63, 3.8) is 0 Å². The van der Waals surface area contributed by atoms with Gasteiger partial charge in [0, 0.05) is 13.0 Å². The fraction of sp³-hybridized carbons (Fsp3) is 0.545. The molecular weight excluding hydrogens is 360 g/mol. The minimum absolute atomic E-state index is 0.231. The standard InChI is InChI=1S/C22H30O6/c1-13-4-7-17(11-16(13)10-15-5-8-18(24)9-6-15)22(27-3)21(26)14(2)20(25)19(12-23)28-22/h5-6,8-9,11,14,19-21,23-26H,4,7,10,12H2,1-3H3/t14-,19?,20-,21+,22-/m0/s1. The molecule has 154 valence electrons. The summed E-state index contributed by atoms with van der Waals surface area (Å²) >= 11 is 0. The lowest BCUT2D eigenvalue weighted by Crippen LogP contribution is -2.63. The third-order valence-electron chi connectivity index (χ3n) is 6.06. The predicted molar refractivity (Wildman–Crippen MR) is 105 cm³/mol. The van der Waals surface area contributed by atoms with Crippen LogP contribution in [0.15, 0.2) is 47.1 Å². The quantitative estimate of drug-likeness (QED) is 0.614. The molecular formula is C22H30O6. The Morgan fingerprint density at radius 3 is 2.46 bits per heavy atom. The van der Waals surface area contributed by atoms with Gasteiger partial charge in [-0.3, -0.25) is 0 Å². The Balaban J connectivity index is 1.94. The van der Waals surface area contributed by atoms with Crippen molar-refractivity contribution >= 4 is 0 Å². The van der Waals surface area contributed by atoms with Crippen LogP contribution in [0.4, 0.5) is 0 Å². The number of hydrogen-bond acceptors (Lipinski definition) is 6. The normalized spacial score (nSPS) is 33.7. The van der Waals surface area contributed by atoms with Crippen LogP contribution in [0.5, 0.6) is 5.75 Å². The van der Waals surface area contributed by atoms with E-state index in [1.807, 2.05) is 18.2 Å². The highest BCUT2D eigenvalue weighted by Gasteiger charge is 2.54. The van der Waals surface area contributed by atoms with E-state index in [1.54, 1.807) is 19.1 Å². The van der Waals surface area contributed by atoms with Gasteiger partial charge in [-0.2, -0.15) is 0 Å². The average Bonchev–Trinajstić information content (AvgIpc) is 2.70. The monoisotopic (exact) mass is 390 g/mol. The van der Waals surface area contributed by atoms with Gasteiger partial charge in [0.15, 0.2) is 0 Å². The summed E-state index contributed by atoms with van der Waals surface area (Å²) < 4.78 is 11.7. The number of rotatable bonds is 5. The number of methoxy groups -OCH3 is 1. The van der Waals surface area contributed by atoms with E-state index >= 15 is 0 Å². The third-order valence-corrected chi connectivity index (χ3v) is 6.06. The largest absolute Gasteiger partial charge is 0.508 e. The van der Waals surface area contributed by atoms with Crippen LogP contribution in [-0.4, -0.2) is 58.2 Å². The van der Waals surface area contributed by atoms with Gasteiger partial charge in [0.05, 0.1) is 12.7 Å².